The molecule has 2 N–H and O–H groups in total. The minimum Gasteiger partial charge on any atom is -0.325 e. The molecule has 0 radical (unpaired) electrons. The molecule has 0 aliphatic rings. The summed E-state index contributed by atoms with van der Waals surface area (Å²) in [5.74, 6) is 0. The highest BCUT2D eigenvalue weighted by atomic mass is 79.9. The van der Waals surface area contributed by atoms with E-state index in [0.29, 0.717) is 12.2 Å². The third kappa shape index (κ3) is 2.35. The van der Waals surface area contributed by atoms with E-state index in [4.69, 9.17) is 11.0 Å². The Morgan fingerprint density at radius 3 is 2.65 bits per heavy atom. The van der Waals surface area contributed by atoms with Crippen molar-refractivity contribution in [2.45, 2.75) is 13.1 Å². The smallest absolute Gasteiger partial charge is 0.130 e. The van der Waals surface area contributed by atoms with Gasteiger partial charge in [-0.2, -0.15) is 5.26 Å². The molecule has 0 aliphatic carbocycles. The normalized spacial score (nSPS) is 10.2. The largest absolute Gasteiger partial charge is 0.325 e. The fraction of sp³-hybridized carbons (Fsp3) is 0.182. The minimum atomic E-state index is 0.165. The molecule has 1 aromatic heterocycles. The molecule has 0 bridgehead atoms. The standard InChI is InChI=1S/C11H10BrN5/c12-9-3-1-8(2-4-9)11-10(7-14)15-16-17(11)6-5-13/h1-4H,6-7,14H2. The number of nitrogens with zero attached hydrogens (tertiary/aromatic N) is 4. The van der Waals surface area contributed by atoms with Crippen LogP contribution in [0.3, 0.4) is 0 Å². The van der Waals surface area contributed by atoms with Crippen LogP contribution in [0.15, 0.2) is 28.7 Å². The summed E-state index contributed by atoms with van der Waals surface area (Å²) in [6, 6.07) is 9.79. The maximum Gasteiger partial charge on any atom is 0.130 e. The van der Waals surface area contributed by atoms with Crippen molar-refractivity contribution in [2.75, 3.05) is 0 Å². The van der Waals surface area contributed by atoms with Gasteiger partial charge in [0.05, 0.1) is 11.8 Å². The van der Waals surface area contributed by atoms with Gasteiger partial charge in [-0.3, -0.25) is 0 Å². The van der Waals surface area contributed by atoms with Crippen molar-refractivity contribution in [2.24, 2.45) is 5.73 Å². The second kappa shape index (κ2) is 5.08. The highest BCUT2D eigenvalue weighted by Gasteiger charge is 2.13. The number of benzene rings is 1. The fourth-order valence-electron chi connectivity index (χ4n) is 1.59. The molecule has 0 spiro atoms. The maximum atomic E-state index is 8.74. The molecule has 2 rings (SSSR count). The number of nitrogens with two attached hydrogens (primary N) is 1. The highest BCUT2D eigenvalue weighted by Crippen LogP contribution is 2.23. The Bertz CT molecular complexity index is 552. The maximum absolute atomic E-state index is 8.74. The van der Waals surface area contributed by atoms with Crippen LogP contribution in [-0.2, 0) is 13.1 Å². The van der Waals surface area contributed by atoms with Gasteiger partial charge in [0.15, 0.2) is 0 Å². The van der Waals surface area contributed by atoms with Crippen LogP contribution in [0, 0.1) is 11.3 Å². The van der Waals surface area contributed by atoms with E-state index >= 15 is 0 Å². The molecule has 5 nitrogen and oxygen atoms in total. The van der Waals surface area contributed by atoms with Crippen LogP contribution in [-0.4, -0.2) is 15.0 Å². The zero-order chi connectivity index (χ0) is 12.3. The summed E-state index contributed by atoms with van der Waals surface area (Å²) in [5, 5.41) is 16.6. The summed E-state index contributed by atoms with van der Waals surface area (Å²) in [6.45, 7) is 0.467. The van der Waals surface area contributed by atoms with Crippen molar-refractivity contribution in [1.82, 2.24) is 15.0 Å². The van der Waals surface area contributed by atoms with Crippen LogP contribution in [0.5, 0.6) is 0 Å². The quantitative estimate of drug-likeness (QED) is 0.933. The molecule has 0 aliphatic heterocycles. The van der Waals surface area contributed by atoms with Gasteiger partial charge in [-0.05, 0) is 12.1 Å². The molecule has 1 heterocycles. The first kappa shape index (κ1) is 11.8. The zero-order valence-corrected chi connectivity index (χ0v) is 10.6. The zero-order valence-electron chi connectivity index (χ0n) is 8.97. The summed E-state index contributed by atoms with van der Waals surface area (Å²) in [5.41, 5.74) is 8.08. The van der Waals surface area contributed by atoms with Gasteiger partial charge < -0.3 is 5.73 Å². The minimum absolute atomic E-state index is 0.165. The van der Waals surface area contributed by atoms with Crippen LogP contribution < -0.4 is 5.73 Å². The van der Waals surface area contributed by atoms with E-state index < -0.39 is 0 Å². The lowest BCUT2D eigenvalue weighted by atomic mass is 10.1. The Kier molecular flexibility index (Phi) is 3.52. The molecular weight excluding hydrogens is 282 g/mol. The lowest BCUT2D eigenvalue weighted by molar-refractivity contribution is 0.673. The molecule has 0 amide bonds. The van der Waals surface area contributed by atoms with Gasteiger partial charge in [0.25, 0.3) is 0 Å². The molecular formula is C11H10BrN5. The molecule has 17 heavy (non-hydrogen) atoms. The van der Waals surface area contributed by atoms with E-state index in [0.717, 1.165) is 15.7 Å². The van der Waals surface area contributed by atoms with Gasteiger partial charge in [0.1, 0.15) is 12.2 Å². The van der Waals surface area contributed by atoms with E-state index in [-0.39, 0.29) is 6.54 Å². The number of halogens is 1. The molecule has 1 aromatic carbocycles. The van der Waals surface area contributed by atoms with E-state index in [2.05, 4.69) is 32.3 Å². The first-order valence-corrected chi connectivity index (χ1v) is 5.81. The average molecular weight is 292 g/mol. The molecule has 0 saturated carbocycles. The monoisotopic (exact) mass is 291 g/mol. The van der Waals surface area contributed by atoms with E-state index in [1.165, 1.54) is 0 Å². The lowest BCUT2D eigenvalue weighted by Gasteiger charge is -2.04. The van der Waals surface area contributed by atoms with Crippen LogP contribution in [0.1, 0.15) is 5.69 Å². The summed E-state index contributed by atoms with van der Waals surface area (Å²) in [7, 11) is 0. The van der Waals surface area contributed by atoms with Gasteiger partial charge in [-0.15, -0.1) is 5.10 Å². The van der Waals surface area contributed by atoms with Gasteiger partial charge in [0.2, 0.25) is 0 Å². The van der Waals surface area contributed by atoms with Crippen molar-refractivity contribution >= 4 is 15.9 Å². The number of hydrogen-bond donors (Lipinski definition) is 1. The predicted octanol–water partition coefficient (Wildman–Crippen LogP) is 1.69. The van der Waals surface area contributed by atoms with Crippen LogP contribution >= 0.6 is 15.9 Å². The first-order valence-electron chi connectivity index (χ1n) is 5.01. The van der Waals surface area contributed by atoms with Gasteiger partial charge in [-0.25, -0.2) is 4.68 Å². The summed E-state index contributed by atoms with van der Waals surface area (Å²) in [4.78, 5) is 0. The second-order valence-corrected chi connectivity index (χ2v) is 4.33. The molecule has 0 saturated heterocycles. The number of rotatable bonds is 3. The van der Waals surface area contributed by atoms with Crippen LogP contribution in [0.25, 0.3) is 11.3 Å². The molecule has 0 fully saturated rings. The summed E-state index contributed by atoms with van der Waals surface area (Å²) < 4.78 is 2.56. The fourth-order valence-corrected chi connectivity index (χ4v) is 1.85. The van der Waals surface area contributed by atoms with Crippen molar-refractivity contribution in [3.05, 3.63) is 34.4 Å². The summed E-state index contributed by atoms with van der Waals surface area (Å²) in [6.07, 6.45) is 0. The second-order valence-electron chi connectivity index (χ2n) is 3.41. The van der Waals surface area contributed by atoms with E-state index in [1.54, 1.807) is 4.68 Å². The van der Waals surface area contributed by atoms with Gasteiger partial charge in [0, 0.05) is 16.6 Å². The molecule has 0 unspecified atom stereocenters. The topological polar surface area (TPSA) is 80.5 Å². The molecule has 86 valence electrons. The Balaban J connectivity index is 2.52. The highest BCUT2D eigenvalue weighted by molar-refractivity contribution is 9.10. The molecule has 6 heteroatoms. The first-order chi connectivity index (χ1) is 8.26. The van der Waals surface area contributed by atoms with Gasteiger partial charge >= 0.3 is 0 Å². The molecule has 2 aromatic rings. The van der Waals surface area contributed by atoms with Crippen molar-refractivity contribution in [1.29, 1.82) is 5.26 Å². The number of nitriles is 1. The SMILES string of the molecule is N#CCn1nnc(CN)c1-c1ccc(Br)cc1. The van der Waals surface area contributed by atoms with Crippen molar-refractivity contribution in [3.63, 3.8) is 0 Å². The van der Waals surface area contributed by atoms with Crippen molar-refractivity contribution in [3.8, 4) is 17.3 Å². The Labute approximate surface area is 107 Å². The predicted molar refractivity (Wildman–Crippen MR) is 66.7 cm³/mol. The Morgan fingerprint density at radius 1 is 1.35 bits per heavy atom. The van der Waals surface area contributed by atoms with Crippen LogP contribution in [0.2, 0.25) is 0 Å². The average Bonchev–Trinajstić information content (AvgIpc) is 2.74. The van der Waals surface area contributed by atoms with E-state index in [1.807, 2.05) is 24.3 Å². The number of aromatic nitrogens is 3. The number of hydrogen-bond acceptors (Lipinski definition) is 4. The van der Waals surface area contributed by atoms with E-state index in [9.17, 15) is 0 Å². The third-order valence-electron chi connectivity index (χ3n) is 2.34. The molecule has 0 atom stereocenters. The Morgan fingerprint density at radius 2 is 2.06 bits per heavy atom. The third-order valence-corrected chi connectivity index (χ3v) is 2.87. The Hall–Kier alpha value is -1.71. The summed E-state index contributed by atoms with van der Waals surface area (Å²) >= 11 is 3.38. The van der Waals surface area contributed by atoms with Crippen molar-refractivity contribution < 1.29 is 0 Å². The van der Waals surface area contributed by atoms with Crippen LogP contribution in [0.4, 0.5) is 0 Å². The lowest BCUT2D eigenvalue weighted by Crippen LogP contribution is -2.03. The van der Waals surface area contributed by atoms with Gasteiger partial charge in [-0.1, -0.05) is 33.3 Å².